The maximum absolute atomic E-state index is 13.7. The summed E-state index contributed by atoms with van der Waals surface area (Å²) in [5.74, 6) is -2.84. The maximum Gasteiger partial charge on any atom is 0.410 e. The third kappa shape index (κ3) is 3.84. The molecule has 122 valence electrons. The van der Waals surface area contributed by atoms with Crippen molar-refractivity contribution in [3.63, 3.8) is 0 Å². The van der Waals surface area contributed by atoms with E-state index in [1.165, 1.54) is 9.80 Å². The number of rotatable bonds is 1. The highest BCUT2D eigenvalue weighted by Crippen LogP contribution is 2.26. The Morgan fingerprint density at radius 2 is 1.55 bits per heavy atom. The summed E-state index contributed by atoms with van der Waals surface area (Å²) in [5, 5.41) is 0. The van der Waals surface area contributed by atoms with Crippen molar-refractivity contribution >= 4 is 11.8 Å². The van der Waals surface area contributed by atoms with Crippen LogP contribution in [-0.2, 0) is 4.74 Å². The zero-order chi connectivity index (χ0) is 16.5. The van der Waals surface area contributed by atoms with E-state index in [0.29, 0.717) is 12.1 Å². The Labute approximate surface area is 127 Å². The summed E-state index contributed by atoms with van der Waals surface area (Å²) >= 11 is 0. The van der Waals surface area contributed by atoms with Gasteiger partial charge < -0.3 is 14.5 Å². The number of hydrogen-bond donors (Lipinski definition) is 0. The minimum Gasteiger partial charge on any atom is -0.444 e. The first-order valence-electron chi connectivity index (χ1n) is 7.05. The molecule has 0 radical (unpaired) electrons. The van der Waals surface area contributed by atoms with E-state index in [4.69, 9.17) is 4.74 Å². The summed E-state index contributed by atoms with van der Waals surface area (Å²) in [6.45, 7) is 6.37. The molecule has 1 aliphatic heterocycles. The van der Waals surface area contributed by atoms with Crippen LogP contribution in [0.4, 0.5) is 23.7 Å². The molecule has 0 aromatic heterocycles. The van der Waals surface area contributed by atoms with Crippen LogP contribution in [0.1, 0.15) is 20.8 Å². The molecule has 1 heterocycles. The van der Waals surface area contributed by atoms with Crippen molar-refractivity contribution in [1.29, 1.82) is 0 Å². The Kier molecular flexibility index (Phi) is 4.53. The number of piperazine rings is 1. The van der Waals surface area contributed by atoms with Crippen molar-refractivity contribution in [2.45, 2.75) is 26.4 Å². The minimum absolute atomic E-state index is 0.249. The van der Waals surface area contributed by atoms with E-state index in [0.717, 1.165) is 0 Å². The predicted molar refractivity (Wildman–Crippen MR) is 76.3 cm³/mol. The maximum atomic E-state index is 13.7. The van der Waals surface area contributed by atoms with E-state index in [1.807, 2.05) is 0 Å². The Morgan fingerprint density at radius 1 is 1.05 bits per heavy atom. The van der Waals surface area contributed by atoms with Crippen LogP contribution in [0.15, 0.2) is 12.1 Å². The summed E-state index contributed by atoms with van der Waals surface area (Å²) in [5.41, 5.74) is -0.853. The van der Waals surface area contributed by atoms with Gasteiger partial charge in [-0.05, 0) is 20.8 Å². The third-order valence-corrected chi connectivity index (χ3v) is 3.23. The molecule has 4 nitrogen and oxygen atoms in total. The number of nitrogens with zero attached hydrogens (tertiary/aromatic N) is 2. The highest BCUT2D eigenvalue weighted by molar-refractivity contribution is 5.68. The van der Waals surface area contributed by atoms with Crippen molar-refractivity contribution in [3.05, 3.63) is 29.6 Å². The molecule has 0 spiro atoms. The lowest BCUT2D eigenvalue weighted by atomic mass is 10.2. The SMILES string of the molecule is CC(C)(C)OC(=O)N1CCN(c2c(F)cc(F)cc2F)CC1. The normalized spacial score (nSPS) is 15.9. The lowest BCUT2D eigenvalue weighted by Gasteiger charge is -2.36. The van der Waals surface area contributed by atoms with Crippen LogP contribution in [0.3, 0.4) is 0 Å². The predicted octanol–water partition coefficient (Wildman–Crippen LogP) is 3.16. The molecule has 7 heteroatoms. The van der Waals surface area contributed by atoms with Crippen molar-refractivity contribution in [2.24, 2.45) is 0 Å². The summed E-state index contributed by atoms with van der Waals surface area (Å²) in [4.78, 5) is 14.9. The van der Waals surface area contributed by atoms with Crippen LogP contribution in [0, 0.1) is 17.5 Å². The van der Waals surface area contributed by atoms with Crippen LogP contribution in [0.2, 0.25) is 0 Å². The monoisotopic (exact) mass is 316 g/mol. The number of ether oxygens (including phenoxy) is 1. The highest BCUT2D eigenvalue weighted by Gasteiger charge is 2.28. The largest absolute Gasteiger partial charge is 0.444 e. The lowest BCUT2D eigenvalue weighted by Crippen LogP contribution is -2.50. The Morgan fingerprint density at radius 3 is 2.00 bits per heavy atom. The van der Waals surface area contributed by atoms with Gasteiger partial charge in [0.25, 0.3) is 0 Å². The average molecular weight is 316 g/mol. The summed E-state index contributed by atoms with van der Waals surface area (Å²) < 4.78 is 45.7. The molecule has 1 aromatic carbocycles. The zero-order valence-electron chi connectivity index (χ0n) is 12.8. The van der Waals surface area contributed by atoms with Gasteiger partial charge in [-0.15, -0.1) is 0 Å². The lowest BCUT2D eigenvalue weighted by molar-refractivity contribution is 0.0240. The van der Waals surface area contributed by atoms with E-state index < -0.39 is 29.1 Å². The second-order valence-corrected chi connectivity index (χ2v) is 6.17. The average Bonchev–Trinajstić information content (AvgIpc) is 2.36. The first-order chi connectivity index (χ1) is 10.2. The molecule has 1 saturated heterocycles. The molecular weight excluding hydrogens is 297 g/mol. The first kappa shape index (κ1) is 16.5. The van der Waals surface area contributed by atoms with Crippen LogP contribution in [0.5, 0.6) is 0 Å². The van der Waals surface area contributed by atoms with E-state index in [1.54, 1.807) is 20.8 Å². The Hall–Kier alpha value is -1.92. The van der Waals surface area contributed by atoms with E-state index in [-0.39, 0.29) is 31.9 Å². The molecule has 0 N–H and O–H groups in total. The Bertz CT molecular complexity index is 541. The van der Waals surface area contributed by atoms with E-state index >= 15 is 0 Å². The van der Waals surface area contributed by atoms with Gasteiger partial charge in [0.15, 0.2) is 11.6 Å². The second-order valence-electron chi connectivity index (χ2n) is 6.17. The van der Waals surface area contributed by atoms with Crippen molar-refractivity contribution < 1.29 is 22.7 Å². The smallest absolute Gasteiger partial charge is 0.410 e. The molecule has 0 saturated carbocycles. The van der Waals surface area contributed by atoms with Gasteiger partial charge >= 0.3 is 6.09 Å². The van der Waals surface area contributed by atoms with Gasteiger partial charge in [-0.2, -0.15) is 0 Å². The van der Waals surface area contributed by atoms with Gasteiger partial charge in [-0.25, -0.2) is 18.0 Å². The van der Waals surface area contributed by atoms with Gasteiger partial charge in [0.1, 0.15) is 17.1 Å². The molecule has 2 rings (SSSR count). The zero-order valence-corrected chi connectivity index (χ0v) is 12.8. The van der Waals surface area contributed by atoms with E-state index in [9.17, 15) is 18.0 Å². The number of hydrogen-bond acceptors (Lipinski definition) is 3. The van der Waals surface area contributed by atoms with Crippen molar-refractivity contribution in [2.75, 3.05) is 31.1 Å². The summed E-state index contributed by atoms with van der Waals surface area (Å²) in [6.07, 6.45) is -0.452. The summed E-state index contributed by atoms with van der Waals surface area (Å²) in [7, 11) is 0. The topological polar surface area (TPSA) is 32.8 Å². The molecule has 0 atom stereocenters. The van der Waals surface area contributed by atoms with Gasteiger partial charge in [0, 0.05) is 38.3 Å². The first-order valence-corrected chi connectivity index (χ1v) is 7.05. The molecular formula is C15H19F3N2O2. The fourth-order valence-corrected chi connectivity index (χ4v) is 2.28. The van der Waals surface area contributed by atoms with Crippen LogP contribution < -0.4 is 4.90 Å². The molecule has 0 unspecified atom stereocenters. The van der Waals surface area contributed by atoms with Gasteiger partial charge in [0.2, 0.25) is 0 Å². The molecule has 1 amide bonds. The van der Waals surface area contributed by atoms with E-state index in [2.05, 4.69) is 0 Å². The van der Waals surface area contributed by atoms with Gasteiger partial charge in [-0.3, -0.25) is 0 Å². The van der Waals surface area contributed by atoms with Gasteiger partial charge in [0.05, 0.1) is 0 Å². The third-order valence-electron chi connectivity index (χ3n) is 3.23. The summed E-state index contributed by atoms with van der Waals surface area (Å²) in [6, 6.07) is 1.30. The number of carbonyl (C=O) groups is 1. The molecule has 1 aromatic rings. The van der Waals surface area contributed by atoms with Crippen LogP contribution in [-0.4, -0.2) is 42.8 Å². The molecule has 1 aliphatic rings. The standard InChI is InChI=1S/C15H19F3N2O2/c1-15(2,3)22-14(21)20-6-4-19(5-7-20)13-11(17)8-10(16)9-12(13)18/h8-9H,4-7H2,1-3H3. The quantitative estimate of drug-likeness (QED) is 0.798. The second kappa shape index (κ2) is 6.06. The number of carbonyl (C=O) groups excluding carboxylic acids is 1. The Balaban J connectivity index is 2.02. The van der Waals surface area contributed by atoms with Crippen molar-refractivity contribution in [1.82, 2.24) is 4.90 Å². The van der Waals surface area contributed by atoms with Crippen LogP contribution in [0.25, 0.3) is 0 Å². The highest BCUT2D eigenvalue weighted by atomic mass is 19.1. The fourth-order valence-electron chi connectivity index (χ4n) is 2.28. The molecule has 0 bridgehead atoms. The molecule has 1 fully saturated rings. The van der Waals surface area contributed by atoms with Crippen LogP contribution >= 0.6 is 0 Å². The fraction of sp³-hybridized carbons (Fsp3) is 0.533. The minimum atomic E-state index is -0.953. The van der Waals surface area contributed by atoms with Gasteiger partial charge in [-0.1, -0.05) is 0 Å². The molecule has 0 aliphatic carbocycles. The number of halogens is 3. The molecule has 22 heavy (non-hydrogen) atoms. The number of anilines is 1. The van der Waals surface area contributed by atoms with Crippen molar-refractivity contribution in [3.8, 4) is 0 Å². The number of amides is 1. The number of benzene rings is 1.